The zero-order valence-corrected chi connectivity index (χ0v) is 10.2. The number of ketones is 1. The maximum Gasteiger partial charge on any atom is 0.185 e. The number of hydrogen-bond acceptors (Lipinski definition) is 3. The lowest BCUT2D eigenvalue weighted by Crippen LogP contribution is -2.09. The number of hydrogen-bond donors (Lipinski definition) is 1. The molecule has 0 aromatic carbocycles. The predicted molar refractivity (Wildman–Crippen MR) is 65.7 cm³/mol. The summed E-state index contributed by atoms with van der Waals surface area (Å²) in [7, 11) is 0. The van der Waals surface area contributed by atoms with Crippen molar-refractivity contribution in [1.82, 2.24) is 15.0 Å². The summed E-state index contributed by atoms with van der Waals surface area (Å²) in [6, 6.07) is 3.76. The molecule has 17 heavy (non-hydrogen) atoms. The average molecular weight is 229 g/mol. The summed E-state index contributed by atoms with van der Waals surface area (Å²) < 4.78 is 0. The van der Waals surface area contributed by atoms with Crippen LogP contribution in [-0.4, -0.2) is 20.7 Å². The molecule has 2 aromatic rings. The third kappa shape index (κ3) is 2.25. The lowest BCUT2D eigenvalue weighted by molar-refractivity contribution is 0.0934. The highest BCUT2D eigenvalue weighted by Crippen LogP contribution is 2.18. The van der Waals surface area contributed by atoms with Gasteiger partial charge in [0.1, 0.15) is 11.5 Å². The van der Waals surface area contributed by atoms with Crippen LogP contribution in [0.4, 0.5) is 0 Å². The lowest BCUT2D eigenvalue weighted by Gasteiger charge is -2.00. The van der Waals surface area contributed by atoms with Gasteiger partial charge in [-0.1, -0.05) is 13.8 Å². The Hall–Kier alpha value is -1.97. The lowest BCUT2D eigenvalue weighted by atomic mass is 10.1. The molecule has 88 valence electrons. The van der Waals surface area contributed by atoms with E-state index in [1.165, 1.54) is 0 Å². The SMILES string of the molecule is Cc1[nH]c(-c2cccnc2)nc1C(=O)C(C)C. The van der Waals surface area contributed by atoms with Crippen LogP contribution in [0.1, 0.15) is 30.0 Å². The third-order valence-electron chi connectivity index (χ3n) is 2.58. The van der Waals surface area contributed by atoms with Gasteiger partial charge in [0, 0.05) is 29.6 Å². The summed E-state index contributed by atoms with van der Waals surface area (Å²) in [4.78, 5) is 23.4. The predicted octanol–water partition coefficient (Wildman–Crippen LogP) is 2.62. The van der Waals surface area contributed by atoms with Crippen LogP contribution in [0.15, 0.2) is 24.5 Å². The van der Waals surface area contributed by atoms with Gasteiger partial charge in [-0.25, -0.2) is 4.98 Å². The number of H-pyrrole nitrogens is 1. The Kier molecular flexibility index (Phi) is 3.04. The van der Waals surface area contributed by atoms with E-state index in [0.717, 1.165) is 11.3 Å². The highest BCUT2D eigenvalue weighted by molar-refractivity contribution is 5.97. The molecule has 2 heterocycles. The molecule has 4 heteroatoms. The maximum absolute atomic E-state index is 11.9. The molecule has 0 aliphatic heterocycles. The van der Waals surface area contributed by atoms with Gasteiger partial charge in [-0.3, -0.25) is 9.78 Å². The van der Waals surface area contributed by atoms with Crippen LogP contribution in [0.3, 0.4) is 0 Å². The van der Waals surface area contributed by atoms with E-state index in [9.17, 15) is 4.79 Å². The van der Waals surface area contributed by atoms with Crippen molar-refractivity contribution in [3.8, 4) is 11.4 Å². The van der Waals surface area contributed by atoms with E-state index in [-0.39, 0.29) is 11.7 Å². The third-order valence-corrected chi connectivity index (χ3v) is 2.58. The summed E-state index contributed by atoms with van der Waals surface area (Å²) in [5.41, 5.74) is 2.22. The van der Waals surface area contributed by atoms with Gasteiger partial charge in [-0.2, -0.15) is 0 Å². The van der Waals surface area contributed by atoms with Crippen molar-refractivity contribution >= 4 is 5.78 Å². The summed E-state index contributed by atoms with van der Waals surface area (Å²) in [5, 5.41) is 0. The Labute approximate surface area is 100 Å². The standard InChI is InChI=1S/C13H15N3O/c1-8(2)12(17)11-9(3)15-13(16-11)10-5-4-6-14-7-10/h4-8H,1-3H3,(H,15,16). The fraction of sp³-hybridized carbons (Fsp3) is 0.308. The largest absolute Gasteiger partial charge is 0.341 e. The molecule has 0 bridgehead atoms. The number of pyridine rings is 1. The molecule has 0 saturated heterocycles. The minimum absolute atomic E-state index is 0.0428. The monoisotopic (exact) mass is 229 g/mol. The van der Waals surface area contributed by atoms with Gasteiger partial charge in [0.05, 0.1) is 0 Å². The zero-order valence-electron chi connectivity index (χ0n) is 10.2. The molecule has 2 rings (SSSR count). The van der Waals surface area contributed by atoms with Crippen LogP contribution in [-0.2, 0) is 0 Å². The van der Waals surface area contributed by atoms with Crippen LogP contribution >= 0.6 is 0 Å². The van der Waals surface area contributed by atoms with Gasteiger partial charge < -0.3 is 4.98 Å². The summed E-state index contributed by atoms with van der Waals surface area (Å²) in [6.07, 6.45) is 3.43. The fourth-order valence-corrected chi connectivity index (χ4v) is 1.61. The van der Waals surface area contributed by atoms with Crippen LogP contribution in [0.5, 0.6) is 0 Å². The van der Waals surface area contributed by atoms with Crippen LogP contribution in [0.2, 0.25) is 0 Å². The molecule has 0 saturated carbocycles. The van der Waals surface area contributed by atoms with E-state index in [1.807, 2.05) is 32.9 Å². The van der Waals surface area contributed by atoms with Crippen LogP contribution in [0, 0.1) is 12.8 Å². The van der Waals surface area contributed by atoms with Gasteiger partial charge in [-0.05, 0) is 19.1 Å². The number of nitrogens with zero attached hydrogens (tertiary/aromatic N) is 2. The normalized spacial score (nSPS) is 10.8. The first-order chi connectivity index (χ1) is 8.09. The molecule has 4 nitrogen and oxygen atoms in total. The van der Waals surface area contributed by atoms with E-state index < -0.39 is 0 Å². The first-order valence-electron chi connectivity index (χ1n) is 5.61. The molecule has 1 N–H and O–H groups in total. The van der Waals surface area contributed by atoms with Crippen molar-refractivity contribution in [2.75, 3.05) is 0 Å². The van der Waals surface area contributed by atoms with E-state index in [2.05, 4.69) is 15.0 Å². The Morgan fingerprint density at radius 1 is 1.41 bits per heavy atom. The average Bonchev–Trinajstić information content (AvgIpc) is 2.71. The first kappa shape index (κ1) is 11.5. The minimum atomic E-state index is -0.0428. The smallest absolute Gasteiger partial charge is 0.185 e. The van der Waals surface area contributed by atoms with Gasteiger partial charge in [-0.15, -0.1) is 0 Å². The second-order valence-electron chi connectivity index (χ2n) is 4.32. The number of Topliss-reactive ketones (excluding diaryl/α,β-unsaturated/α-hetero) is 1. The molecular weight excluding hydrogens is 214 g/mol. The first-order valence-corrected chi connectivity index (χ1v) is 5.61. The van der Waals surface area contributed by atoms with E-state index in [1.54, 1.807) is 12.4 Å². The minimum Gasteiger partial charge on any atom is -0.341 e. The Morgan fingerprint density at radius 2 is 2.18 bits per heavy atom. The fourth-order valence-electron chi connectivity index (χ4n) is 1.61. The quantitative estimate of drug-likeness (QED) is 0.823. The second kappa shape index (κ2) is 4.49. The van der Waals surface area contributed by atoms with Crippen molar-refractivity contribution in [2.24, 2.45) is 5.92 Å². The number of aromatic amines is 1. The van der Waals surface area contributed by atoms with Gasteiger partial charge in [0.25, 0.3) is 0 Å². The topological polar surface area (TPSA) is 58.6 Å². The molecule has 0 unspecified atom stereocenters. The number of carbonyl (C=O) groups excluding carboxylic acids is 1. The molecule has 0 fully saturated rings. The number of nitrogens with one attached hydrogen (secondary N) is 1. The van der Waals surface area contributed by atoms with Crippen LogP contribution < -0.4 is 0 Å². The molecule has 0 radical (unpaired) electrons. The van der Waals surface area contributed by atoms with E-state index in [4.69, 9.17) is 0 Å². The highest BCUT2D eigenvalue weighted by atomic mass is 16.1. The van der Waals surface area contributed by atoms with Crippen LogP contribution in [0.25, 0.3) is 11.4 Å². The zero-order chi connectivity index (χ0) is 12.4. The number of carbonyl (C=O) groups is 1. The van der Waals surface area contributed by atoms with E-state index in [0.29, 0.717) is 11.5 Å². The highest BCUT2D eigenvalue weighted by Gasteiger charge is 2.18. The van der Waals surface area contributed by atoms with E-state index >= 15 is 0 Å². The van der Waals surface area contributed by atoms with Gasteiger partial charge in [0.2, 0.25) is 0 Å². The van der Waals surface area contributed by atoms with Crippen molar-refractivity contribution in [1.29, 1.82) is 0 Å². The molecule has 0 aliphatic carbocycles. The molecule has 0 amide bonds. The second-order valence-corrected chi connectivity index (χ2v) is 4.32. The number of aryl methyl sites for hydroxylation is 1. The van der Waals surface area contributed by atoms with Crippen molar-refractivity contribution in [2.45, 2.75) is 20.8 Å². The van der Waals surface area contributed by atoms with Crippen molar-refractivity contribution in [3.63, 3.8) is 0 Å². The van der Waals surface area contributed by atoms with Crippen molar-refractivity contribution in [3.05, 3.63) is 35.9 Å². The Bertz CT molecular complexity index is 529. The number of rotatable bonds is 3. The molecule has 0 spiro atoms. The van der Waals surface area contributed by atoms with Gasteiger partial charge in [0.15, 0.2) is 5.78 Å². The molecular formula is C13H15N3O. The Morgan fingerprint density at radius 3 is 2.76 bits per heavy atom. The maximum atomic E-state index is 11.9. The summed E-state index contributed by atoms with van der Waals surface area (Å²) in [5.74, 6) is 0.715. The Balaban J connectivity index is 2.41. The van der Waals surface area contributed by atoms with Crippen molar-refractivity contribution < 1.29 is 4.79 Å². The molecule has 0 aliphatic rings. The van der Waals surface area contributed by atoms with Gasteiger partial charge >= 0.3 is 0 Å². The molecule has 2 aromatic heterocycles. The summed E-state index contributed by atoms with van der Waals surface area (Å²) >= 11 is 0. The molecule has 0 atom stereocenters. The number of imidazole rings is 1. The number of aromatic nitrogens is 3. The summed E-state index contributed by atoms with van der Waals surface area (Å²) in [6.45, 7) is 5.61.